The molecule has 0 aliphatic rings. The van der Waals surface area contributed by atoms with Crippen LogP contribution in [0.1, 0.15) is 265 Å². The molecule has 0 aliphatic carbocycles. The van der Waals surface area contributed by atoms with Gasteiger partial charge in [-0.2, -0.15) is 0 Å². The van der Waals surface area contributed by atoms with Crippen molar-refractivity contribution in [2.75, 3.05) is 13.2 Å². The van der Waals surface area contributed by atoms with Gasteiger partial charge in [0.2, 0.25) is 0 Å². The van der Waals surface area contributed by atoms with Crippen LogP contribution in [0.15, 0.2) is 24.3 Å². The standard InChI is InChI=1S/C51H94O6/c1-4-7-10-13-16-19-22-24-25-27-30-32-35-38-41-44-50(53)56-47-48(57-51(54)45-42-39-36-33-28-21-18-15-12-9-6-3)46-55-49(52)43-40-37-34-31-29-26-23-20-17-14-11-8-5-2/h19-20,22-23,48H,4-18,21,24-47H2,1-3H3. The molecule has 0 aromatic heterocycles. The Kier molecular flexibility index (Phi) is 44.9. The first-order chi connectivity index (χ1) is 28.0. The van der Waals surface area contributed by atoms with Gasteiger partial charge in [0.05, 0.1) is 0 Å². The molecular formula is C51H94O6. The van der Waals surface area contributed by atoms with Crippen LogP contribution >= 0.6 is 0 Å². The Morgan fingerprint density at radius 2 is 0.579 bits per heavy atom. The third-order valence-electron chi connectivity index (χ3n) is 10.9. The van der Waals surface area contributed by atoms with E-state index in [4.69, 9.17) is 14.2 Å². The van der Waals surface area contributed by atoms with E-state index in [-0.39, 0.29) is 31.1 Å². The number of allylic oxidation sites excluding steroid dienone is 4. The molecule has 57 heavy (non-hydrogen) atoms. The molecule has 0 spiro atoms. The number of carbonyl (C=O) groups is 3. The van der Waals surface area contributed by atoms with Crippen molar-refractivity contribution in [2.24, 2.45) is 0 Å². The summed E-state index contributed by atoms with van der Waals surface area (Å²) in [7, 11) is 0. The maximum atomic E-state index is 12.7. The summed E-state index contributed by atoms with van der Waals surface area (Å²) in [5.74, 6) is -0.877. The Bertz CT molecular complexity index is 927. The van der Waals surface area contributed by atoms with E-state index in [0.29, 0.717) is 19.3 Å². The lowest BCUT2D eigenvalue weighted by Crippen LogP contribution is -2.30. The normalized spacial score (nSPS) is 12.1. The molecule has 334 valence electrons. The fraction of sp³-hybridized carbons (Fsp3) is 0.863. The number of esters is 3. The fourth-order valence-electron chi connectivity index (χ4n) is 7.14. The Morgan fingerprint density at radius 1 is 0.333 bits per heavy atom. The van der Waals surface area contributed by atoms with Gasteiger partial charge in [0.15, 0.2) is 6.10 Å². The molecule has 0 fully saturated rings. The Labute approximate surface area is 353 Å². The highest BCUT2D eigenvalue weighted by Gasteiger charge is 2.19. The molecule has 1 atom stereocenters. The molecule has 0 saturated heterocycles. The van der Waals surface area contributed by atoms with Crippen LogP contribution in [0.3, 0.4) is 0 Å². The van der Waals surface area contributed by atoms with Crippen molar-refractivity contribution in [2.45, 2.75) is 271 Å². The topological polar surface area (TPSA) is 78.9 Å². The molecule has 6 heteroatoms. The molecule has 1 unspecified atom stereocenters. The van der Waals surface area contributed by atoms with Gasteiger partial charge in [-0.1, -0.05) is 199 Å². The predicted octanol–water partition coefficient (Wildman–Crippen LogP) is 16.0. The van der Waals surface area contributed by atoms with Gasteiger partial charge in [0, 0.05) is 19.3 Å². The number of carbonyl (C=O) groups excluding carboxylic acids is 3. The van der Waals surface area contributed by atoms with Crippen molar-refractivity contribution in [1.29, 1.82) is 0 Å². The summed E-state index contributed by atoms with van der Waals surface area (Å²) in [4.78, 5) is 37.8. The van der Waals surface area contributed by atoms with Gasteiger partial charge in [0.1, 0.15) is 13.2 Å². The number of rotatable bonds is 45. The Hall–Kier alpha value is -2.11. The van der Waals surface area contributed by atoms with E-state index in [1.807, 2.05) is 0 Å². The first-order valence-electron chi connectivity index (χ1n) is 24.8. The van der Waals surface area contributed by atoms with Crippen LogP contribution in [0.2, 0.25) is 0 Å². The van der Waals surface area contributed by atoms with Gasteiger partial charge in [-0.05, 0) is 70.6 Å². The van der Waals surface area contributed by atoms with Crippen LogP contribution in [0.4, 0.5) is 0 Å². The Morgan fingerprint density at radius 3 is 0.895 bits per heavy atom. The van der Waals surface area contributed by atoms with Crippen molar-refractivity contribution < 1.29 is 28.6 Å². The minimum Gasteiger partial charge on any atom is -0.462 e. The first kappa shape index (κ1) is 54.9. The highest BCUT2D eigenvalue weighted by atomic mass is 16.6. The summed E-state index contributed by atoms with van der Waals surface area (Å²) in [6.45, 7) is 6.61. The molecule has 0 bridgehead atoms. The average Bonchev–Trinajstić information content (AvgIpc) is 3.21. The van der Waals surface area contributed by atoms with Crippen molar-refractivity contribution in [3.8, 4) is 0 Å². The zero-order valence-corrected chi connectivity index (χ0v) is 38.1. The second-order valence-corrected chi connectivity index (χ2v) is 16.7. The van der Waals surface area contributed by atoms with E-state index in [2.05, 4.69) is 45.1 Å². The predicted molar refractivity (Wildman–Crippen MR) is 243 cm³/mol. The molecule has 0 aliphatic heterocycles. The second kappa shape index (κ2) is 46.6. The third kappa shape index (κ3) is 44.8. The molecule has 6 nitrogen and oxygen atoms in total. The molecule has 0 saturated carbocycles. The smallest absolute Gasteiger partial charge is 0.306 e. The SMILES string of the molecule is CCCCCCC=CCCCCCCCCCC(=O)OCC(COC(=O)CCCCCCCC=CCCCCCC)OC(=O)CCCCCCCCCCCCC. The van der Waals surface area contributed by atoms with Gasteiger partial charge in [-0.15, -0.1) is 0 Å². The van der Waals surface area contributed by atoms with E-state index < -0.39 is 6.10 Å². The van der Waals surface area contributed by atoms with Crippen LogP contribution in [-0.4, -0.2) is 37.2 Å². The van der Waals surface area contributed by atoms with E-state index >= 15 is 0 Å². The fourth-order valence-corrected chi connectivity index (χ4v) is 7.14. The summed E-state index contributed by atoms with van der Waals surface area (Å²) in [6.07, 6.45) is 51.5. The molecule has 0 heterocycles. The summed E-state index contributed by atoms with van der Waals surface area (Å²) < 4.78 is 16.8. The van der Waals surface area contributed by atoms with Gasteiger partial charge < -0.3 is 14.2 Å². The quantitative estimate of drug-likeness (QED) is 0.0264. The maximum absolute atomic E-state index is 12.7. The summed E-state index contributed by atoms with van der Waals surface area (Å²) in [5, 5.41) is 0. The van der Waals surface area contributed by atoms with Gasteiger partial charge >= 0.3 is 17.9 Å². The lowest BCUT2D eigenvalue weighted by atomic mass is 10.1. The molecule has 0 radical (unpaired) electrons. The highest BCUT2D eigenvalue weighted by molar-refractivity contribution is 5.71. The molecule has 0 aromatic carbocycles. The second-order valence-electron chi connectivity index (χ2n) is 16.7. The number of ether oxygens (including phenoxy) is 3. The van der Waals surface area contributed by atoms with Crippen LogP contribution in [0.25, 0.3) is 0 Å². The molecule has 0 N–H and O–H groups in total. The van der Waals surface area contributed by atoms with E-state index in [1.54, 1.807) is 0 Å². The van der Waals surface area contributed by atoms with E-state index in [9.17, 15) is 14.4 Å². The molecule has 0 aromatic rings. The third-order valence-corrected chi connectivity index (χ3v) is 10.9. The molecular weight excluding hydrogens is 709 g/mol. The number of unbranched alkanes of at least 4 members (excludes halogenated alkanes) is 30. The minimum absolute atomic E-state index is 0.0729. The minimum atomic E-state index is -0.770. The van der Waals surface area contributed by atoms with Crippen molar-refractivity contribution in [1.82, 2.24) is 0 Å². The van der Waals surface area contributed by atoms with Crippen LogP contribution in [0, 0.1) is 0 Å². The lowest BCUT2D eigenvalue weighted by molar-refractivity contribution is -0.167. The highest BCUT2D eigenvalue weighted by Crippen LogP contribution is 2.15. The average molecular weight is 803 g/mol. The summed E-state index contributed by atoms with van der Waals surface area (Å²) >= 11 is 0. The van der Waals surface area contributed by atoms with Crippen molar-refractivity contribution in [3.63, 3.8) is 0 Å². The number of hydrogen-bond acceptors (Lipinski definition) is 6. The largest absolute Gasteiger partial charge is 0.462 e. The number of hydrogen-bond donors (Lipinski definition) is 0. The summed E-state index contributed by atoms with van der Waals surface area (Å²) in [6, 6.07) is 0. The van der Waals surface area contributed by atoms with Crippen molar-refractivity contribution >= 4 is 17.9 Å². The van der Waals surface area contributed by atoms with Gasteiger partial charge in [-0.3, -0.25) is 14.4 Å². The monoisotopic (exact) mass is 803 g/mol. The van der Waals surface area contributed by atoms with Crippen LogP contribution in [-0.2, 0) is 28.6 Å². The Balaban J connectivity index is 4.34. The van der Waals surface area contributed by atoms with E-state index in [1.165, 1.54) is 161 Å². The van der Waals surface area contributed by atoms with E-state index in [0.717, 1.165) is 64.2 Å². The van der Waals surface area contributed by atoms with Gasteiger partial charge in [0.25, 0.3) is 0 Å². The van der Waals surface area contributed by atoms with Gasteiger partial charge in [-0.25, -0.2) is 0 Å². The van der Waals surface area contributed by atoms with Crippen molar-refractivity contribution in [3.05, 3.63) is 24.3 Å². The maximum Gasteiger partial charge on any atom is 0.306 e. The van der Waals surface area contributed by atoms with Crippen LogP contribution < -0.4 is 0 Å². The first-order valence-corrected chi connectivity index (χ1v) is 24.8. The van der Waals surface area contributed by atoms with Crippen LogP contribution in [0.5, 0.6) is 0 Å². The molecule has 0 rings (SSSR count). The molecule has 0 amide bonds. The lowest BCUT2D eigenvalue weighted by Gasteiger charge is -2.18. The zero-order chi connectivity index (χ0) is 41.5. The summed E-state index contributed by atoms with van der Waals surface area (Å²) in [5.41, 5.74) is 0. The zero-order valence-electron chi connectivity index (χ0n) is 38.1.